The molecule has 1 saturated heterocycles. The highest BCUT2D eigenvalue weighted by Gasteiger charge is 2.35. The number of alkyl halides is 3. The van der Waals surface area contributed by atoms with Crippen LogP contribution in [0.4, 0.5) is 24.9 Å². The van der Waals surface area contributed by atoms with Crippen molar-refractivity contribution in [3.05, 3.63) is 11.8 Å². The third-order valence-electron chi connectivity index (χ3n) is 3.16. The SMILES string of the molecule is CCC1CCCN1c1cc(C(F)(F)F)nc(N)n1. The summed E-state index contributed by atoms with van der Waals surface area (Å²) < 4.78 is 37.9. The van der Waals surface area contributed by atoms with E-state index in [9.17, 15) is 13.2 Å². The highest BCUT2D eigenvalue weighted by Crippen LogP contribution is 2.32. The molecule has 4 nitrogen and oxygen atoms in total. The molecule has 1 aliphatic heterocycles. The maximum absolute atomic E-state index is 12.6. The van der Waals surface area contributed by atoms with Gasteiger partial charge in [-0.15, -0.1) is 0 Å². The Hall–Kier alpha value is -1.53. The lowest BCUT2D eigenvalue weighted by Gasteiger charge is -2.25. The number of nitrogens with two attached hydrogens (primary N) is 1. The molecular weight excluding hydrogens is 245 g/mol. The second-order valence-corrected chi connectivity index (χ2v) is 4.37. The molecule has 7 heteroatoms. The highest BCUT2D eigenvalue weighted by atomic mass is 19.4. The van der Waals surface area contributed by atoms with Crippen LogP contribution in [0.1, 0.15) is 31.9 Å². The predicted molar refractivity (Wildman–Crippen MR) is 62.1 cm³/mol. The lowest BCUT2D eigenvalue weighted by Crippen LogP contribution is -2.30. The molecular formula is C11H15F3N4. The zero-order chi connectivity index (χ0) is 13.3. The molecule has 1 aromatic heterocycles. The lowest BCUT2D eigenvalue weighted by molar-refractivity contribution is -0.141. The third-order valence-corrected chi connectivity index (χ3v) is 3.16. The van der Waals surface area contributed by atoms with Gasteiger partial charge in [-0.3, -0.25) is 0 Å². The topological polar surface area (TPSA) is 55.0 Å². The van der Waals surface area contributed by atoms with Gasteiger partial charge in [0.25, 0.3) is 0 Å². The number of halogens is 3. The zero-order valence-electron chi connectivity index (χ0n) is 10.0. The van der Waals surface area contributed by atoms with Crippen molar-refractivity contribution in [1.29, 1.82) is 0 Å². The molecule has 1 aromatic rings. The molecule has 0 saturated carbocycles. The van der Waals surface area contributed by atoms with Gasteiger partial charge in [0.2, 0.25) is 5.95 Å². The van der Waals surface area contributed by atoms with E-state index >= 15 is 0 Å². The minimum absolute atomic E-state index is 0.236. The first-order valence-electron chi connectivity index (χ1n) is 5.90. The van der Waals surface area contributed by atoms with Crippen LogP contribution < -0.4 is 10.6 Å². The Morgan fingerprint density at radius 2 is 2.17 bits per heavy atom. The number of aromatic nitrogens is 2. The molecule has 0 spiro atoms. The van der Waals surface area contributed by atoms with Crippen molar-refractivity contribution < 1.29 is 13.2 Å². The van der Waals surface area contributed by atoms with Gasteiger partial charge in [0, 0.05) is 18.7 Å². The smallest absolute Gasteiger partial charge is 0.368 e. The van der Waals surface area contributed by atoms with Crippen molar-refractivity contribution >= 4 is 11.8 Å². The van der Waals surface area contributed by atoms with Crippen LogP contribution in [-0.2, 0) is 6.18 Å². The summed E-state index contributed by atoms with van der Waals surface area (Å²) >= 11 is 0. The summed E-state index contributed by atoms with van der Waals surface area (Å²) in [5, 5.41) is 0. The number of anilines is 2. The summed E-state index contributed by atoms with van der Waals surface area (Å²) in [7, 11) is 0. The maximum Gasteiger partial charge on any atom is 0.433 e. The van der Waals surface area contributed by atoms with E-state index in [2.05, 4.69) is 9.97 Å². The number of hydrogen-bond acceptors (Lipinski definition) is 4. The van der Waals surface area contributed by atoms with E-state index in [4.69, 9.17) is 5.73 Å². The van der Waals surface area contributed by atoms with E-state index < -0.39 is 11.9 Å². The molecule has 2 N–H and O–H groups in total. The minimum atomic E-state index is -4.49. The molecule has 18 heavy (non-hydrogen) atoms. The van der Waals surface area contributed by atoms with Gasteiger partial charge < -0.3 is 10.6 Å². The number of nitrogens with zero attached hydrogens (tertiary/aromatic N) is 3. The summed E-state index contributed by atoms with van der Waals surface area (Å²) in [6, 6.07) is 1.21. The molecule has 1 unspecified atom stereocenters. The van der Waals surface area contributed by atoms with Crippen LogP contribution in [0.5, 0.6) is 0 Å². The molecule has 2 heterocycles. The molecule has 1 aliphatic rings. The van der Waals surface area contributed by atoms with Gasteiger partial charge >= 0.3 is 6.18 Å². The van der Waals surface area contributed by atoms with Gasteiger partial charge in [0.1, 0.15) is 5.82 Å². The zero-order valence-corrected chi connectivity index (χ0v) is 10.0. The monoisotopic (exact) mass is 260 g/mol. The van der Waals surface area contributed by atoms with Gasteiger partial charge in [-0.05, 0) is 19.3 Å². The number of nitrogen functional groups attached to an aromatic ring is 1. The Morgan fingerprint density at radius 1 is 1.44 bits per heavy atom. The largest absolute Gasteiger partial charge is 0.433 e. The molecule has 1 atom stereocenters. The summed E-state index contributed by atoms with van der Waals surface area (Å²) in [5.41, 5.74) is 4.38. The second kappa shape index (κ2) is 4.62. The van der Waals surface area contributed by atoms with Gasteiger partial charge in [0.05, 0.1) is 0 Å². The molecule has 0 amide bonds. The van der Waals surface area contributed by atoms with Crippen molar-refractivity contribution in [2.45, 2.75) is 38.4 Å². The Bertz CT molecular complexity index is 433. The average molecular weight is 260 g/mol. The maximum atomic E-state index is 12.6. The van der Waals surface area contributed by atoms with Crippen LogP contribution in [0, 0.1) is 0 Å². The third kappa shape index (κ3) is 2.49. The van der Waals surface area contributed by atoms with Crippen molar-refractivity contribution in [1.82, 2.24) is 9.97 Å². The van der Waals surface area contributed by atoms with Gasteiger partial charge in [-0.2, -0.15) is 18.2 Å². The van der Waals surface area contributed by atoms with Crippen molar-refractivity contribution in [2.24, 2.45) is 0 Å². The normalized spacial score (nSPS) is 20.4. The Kier molecular flexibility index (Phi) is 3.32. The molecule has 0 aliphatic carbocycles. The highest BCUT2D eigenvalue weighted by molar-refractivity contribution is 5.46. The van der Waals surface area contributed by atoms with E-state index in [1.54, 1.807) is 0 Å². The van der Waals surface area contributed by atoms with Gasteiger partial charge in [-0.1, -0.05) is 6.92 Å². The van der Waals surface area contributed by atoms with Crippen molar-refractivity contribution in [2.75, 3.05) is 17.2 Å². The summed E-state index contributed by atoms with van der Waals surface area (Å²) in [5.74, 6) is -0.0549. The fraction of sp³-hybridized carbons (Fsp3) is 0.636. The number of rotatable bonds is 2. The van der Waals surface area contributed by atoms with Crippen LogP contribution in [0.3, 0.4) is 0 Å². The lowest BCUT2D eigenvalue weighted by atomic mass is 10.2. The first-order valence-corrected chi connectivity index (χ1v) is 5.90. The van der Waals surface area contributed by atoms with Crippen LogP contribution in [0.25, 0.3) is 0 Å². The average Bonchev–Trinajstić information content (AvgIpc) is 2.74. The van der Waals surface area contributed by atoms with Crippen LogP contribution in [-0.4, -0.2) is 22.6 Å². The molecule has 0 radical (unpaired) electrons. The van der Waals surface area contributed by atoms with E-state index in [1.807, 2.05) is 11.8 Å². The first kappa shape index (κ1) is 12.9. The summed E-state index contributed by atoms with van der Waals surface area (Å²) in [4.78, 5) is 9.04. The Labute approximate surface area is 103 Å². The van der Waals surface area contributed by atoms with Crippen LogP contribution >= 0.6 is 0 Å². The quantitative estimate of drug-likeness (QED) is 0.887. The van der Waals surface area contributed by atoms with Crippen molar-refractivity contribution in [3.8, 4) is 0 Å². The van der Waals surface area contributed by atoms with E-state index in [0.717, 1.165) is 25.3 Å². The summed E-state index contributed by atoms with van der Waals surface area (Å²) in [6.07, 6.45) is -1.68. The molecule has 2 rings (SSSR count). The van der Waals surface area contributed by atoms with E-state index in [1.165, 1.54) is 0 Å². The van der Waals surface area contributed by atoms with Gasteiger partial charge in [-0.25, -0.2) is 4.98 Å². The molecule has 0 aromatic carbocycles. The summed E-state index contributed by atoms with van der Waals surface area (Å²) in [6.45, 7) is 2.73. The second-order valence-electron chi connectivity index (χ2n) is 4.37. The molecule has 0 bridgehead atoms. The fourth-order valence-corrected chi connectivity index (χ4v) is 2.31. The molecule has 1 fully saturated rings. The number of hydrogen-bond donors (Lipinski definition) is 1. The first-order chi connectivity index (χ1) is 8.41. The van der Waals surface area contributed by atoms with Crippen LogP contribution in [0.15, 0.2) is 6.07 Å². The standard InChI is InChI=1S/C11H15F3N4/c1-2-7-4-3-5-18(7)9-6-8(11(12,13)14)16-10(15)17-9/h6-7H,2-5H2,1H3,(H2,15,16,17). The van der Waals surface area contributed by atoms with Crippen molar-refractivity contribution in [3.63, 3.8) is 0 Å². The van der Waals surface area contributed by atoms with Gasteiger partial charge in [0.15, 0.2) is 5.69 Å². The van der Waals surface area contributed by atoms with E-state index in [0.29, 0.717) is 6.54 Å². The van der Waals surface area contributed by atoms with Crippen LogP contribution in [0.2, 0.25) is 0 Å². The fourth-order valence-electron chi connectivity index (χ4n) is 2.31. The Morgan fingerprint density at radius 3 is 2.78 bits per heavy atom. The molecule has 100 valence electrons. The van der Waals surface area contributed by atoms with E-state index in [-0.39, 0.29) is 17.8 Å². The minimum Gasteiger partial charge on any atom is -0.368 e. The predicted octanol–water partition coefficient (Wildman–Crippen LogP) is 2.46. The Balaban J connectivity index is 2.36.